The fourth-order valence-electron chi connectivity index (χ4n) is 2.79. The summed E-state index contributed by atoms with van der Waals surface area (Å²) in [7, 11) is 0. The Morgan fingerprint density at radius 3 is 2.29 bits per heavy atom. The lowest BCUT2D eigenvalue weighted by molar-refractivity contribution is 0.0696. The highest BCUT2D eigenvalue weighted by molar-refractivity contribution is 9.10. The van der Waals surface area contributed by atoms with E-state index in [1.165, 1.54) is 12.1 Å². The average Bonchev–Trinajstić information content (AvgIpc) is 3.12. The molecule has 0 atom stereocenters. The van der Waals surface area contributed by atoms with Crippen LogP contribution in [0.4, 0.5) is 5.69 Å². The number of carbonyl (C=O) groups excluding carboxylic acids is 1. The normalized spacial score (nSPS) is 10.8. The van der Waals surface area contributed by atoms with E-state index < -0.39 is 5.97 Å². The van der Waals surface area contributed by atoms with Crippen LogP contribution < -0.4 is 5.32 Å². The van der Waals surface area contributed by atoms with Gasteiger partial charge in [0.1, 0.15) is 5.52 Å². The van der Waals surface area contributed by atoms with Gasteiger partial charge in [0, 0.05) is 21.3 Å². The van der Waals surface area contributed by atoms with Gasteiger partial charge in [-0.3, -0.25) is 4.79 Å². The van der Waals surface area contributed by atoms with Crippen molar-refractivity contribution in [2.75, 3.05) is 5.32 Å². The number of carboxylic acids is 1. The zero-order chi connectivity index (χ0) is 19.7. The van der Waals surface area contributed by atoms with E-state index in [9.17, 15) is 9.59 Å². The molecule has 0 aliphatic carbocycles. The third-order valence-corrected chi connectivity index (χ3v) is 4.76. The first-order valence-electron chi connectivity index (χ1n) is 8.31. The third kappa shape index (κ3) is 3.52. The lowest BCUT2D eigenvalue weighted by Crippen LogP contribution is -2.11. The number of carbonyl (C=O) groups is 2. The molecule has 0 fully saturated rings. The first-order valence-corrected chi connectivity index (χ1v) is 9.10. The Balaban J connectivity index is 1.63. The summed E-state index contributed by atoms with van der Waals surface area (Å²) in [6.45, 7) is 0. The number of benzene rings is 3. The molecule has 4 rings (SSSR count). The molecule has 0 aliphatic heterocycles. The number of amides is 1. The molecule has 1 heterocycles. The number of carboxylic acid groups (broad SMARTS) is 1. The lowest BCUT2D eigenvalue weighted by atomic mass is 10.1. The Bertz CT molecular complexity index is 1180. The maximum atomic E-state index is 12.6. The largest absolute Gasteiger partial charge is 0.478 e. The maximum absolute atomic E-state index is 12.6. The van der Waals surface area contributed by atoms with E-state index in [2.05, 4.69) is 26.4 Å². The highest BCUT2D eigenvalue weighted by Crippen LogP contribution is 2.30. The second kappa shape index (κ2) is 7.28. The molecule has 7 heteroatoms. The molecule has 0 spiro atoms. The van der Waals surface area contributed by atoms with Crippen molar-refractivity contribution in [2.45, 2.75) is 0 Å². The van der Waals surface area contributed by atoms with Crippen LogP contribution in [0.5, 0.6) is 0 Å². The molecular weight excluding hydrogens is 424 g/mol. The van der Waals surface area contributed by atoms with Gasteiger partial charge in [0.15, 0.2) is 5.76 Å². The van der Waals surface area contributed by atoms with Crippen molar-refractivity contribution in [1.29, 1.82) is 0 Å². The number of aromatic nitrogens is 1. The average molecular weight is 437 g/mol. The zero-order valence-electron chi connectivity index (χ0n) is 14.3. The van der Waals surface area contributed by atoms with Crippen LogP contribution in [0.15, 0.2) is 75.7 Å². The fourth-order valence-corrected chi connectivity index (χ4v) is 3.06. The molecule has 6 nitrogen and oxygen atoms in total. The second-order valence-corrected chi connectivity index (χ2v) is 7.00. The Morgan fingerprint density at radius 1 is 0.929 bits per heavy atom. The summed E-state index contributed by atoms with van der Waals surface area (Å²) in [4.78, 5) is 23.5. The van der Waals surface area contributed by atoms with E-state index in [-0.39, 0.29) is 11.5 Å². The number of hydrogen-bond acceptors (Lipinski definition) is 4. The van der Waals surface area contributed by atoms with E-state index in [1.54, 1.807) is 30.3 Å². The van der Waals surface area contributed by atoms with Gasteiger partial charge >= 0.3 is 5.97 Å². The predicted molar refractivity (Wildman–Crippen MR) is 108 cm³/mol. The van der Waals surface area contributed by atoms with Gasteiger partial charge in [-0.25, -0.2) is 4.79 Å². The summed E-state index contributed by atoms with van der Waals surface area (Å²) in [5.41, 5.74) is 2.61. The van der Waals surface area contributed by atoms with Crippen molar-refractivity contribution >= 4 is 44.4 Å². The van der Waals surface area contributed by atoms with Crippen molar-refractivity contribution in [2.24, 2.45) is 0 Å². The molecule has 0 bridgehead atoms. The Labute approximate surface area is 167 Å². The molecule has 0 aliphatic rings. The Hall–Kier alpha value is -3.45. The molecule has 4 aromatic rings. The van der Waals surface area contributed by atoms with Crippen molar-refractivity contribution < 1.29 is 19.2 Å². The van der Waals surface area contributed by atoms with Gasteiger partial charge < -0.3 is 14.9 Å². The Kier molecular flexibility index (Phi) is 4.67. The van der Waals surface area contributed by atoms with Gasteiger partial charge in [0.25, 0.3) is 5.91 Å². The molecule has 28 heavy (non-hydrogen) atoms. The van der Waals surface area contributed by atoms with Gasteiger partial charge in [-0.2, -0.15) is 0 Å². The number of anilines is 1. The third-order valence-electron chi connectivity index (χ3n) is 4.23. The second-order valence-electron chi connectivity index (χ2n) is 6.09. The molecule has 2 N–H and O–H groups in total. The van der Waals surface area contributed by atoms with Crippen LogP contribution in [0, 0.1) is 0 Å². The highest BCUT2D eigenvalue weighted by atomic mass is 79.9. The predicted octanol–water partition coefficient (Wildman–Crippen LogP) is 5.21. The van der Waals surface area contributed by atoms with E-state index in [1.807, 2.05) is 24.3 Å². The first kappa shape index (κ1) is 17.9. The summed E-state index contributed by atoms with van der Waals surface area (Å²) in [6.07, 6.45) is 0. The van der Waals surface area contributed by atoms with Crippen LogP contribution >= 0.6 is 15.9 Å². The number of nitrogens with one attached hydrogen (secondary N) is 1. The number of hydrogen-bond donors (Lipinski definition) is 2. The molecule has 0 saturated heterocycles. The minimum atomic E-state index is -1.02. The van der Waals surface area contributed by atoms with Crippen LogP contribution in [0.25, 0.3) is 22.2 Å². The van der Waals surface area contributed by atoms with Crippen LogP contribution in [0.3, 0.4) is 0 Å². The number of nitrogens with zero attached hydrogens (tertiary/aromatic N) is 1. The topological polar surface area (TPSA) is 92.4 Å². The SMILES string of the molecule is O=C(O)c1ccc(NC(=O)c2ccc3noc(-c4ccc(Br)cc4)c3c2)cc1. The zero-order valence-corrected chi connectivity index (χ0v) is 15.9. The number of halogens is 1. The maximum Gasteiger partial charge on any atom is 0.335 e. The van der Waals surface area contributed by atoms with Gasteiger partial charge in [-0.05, 0) is 66.7 Å². The lowest BCUT2D eigenvalue weighted by Gasteiger charge is -2.06. The summed E-state index contributed by atoms with van der Waals surface area (Å²) in [6, 6.07) is 18.7. The van der Waals surface area contributed by atoms with Gasteiger partial charge in [0.05, 0.1) is 10.9 Å². The van der Waals surface area contributed by atoms with Crippen molar-refractivity contribution in [1.82, 2.24) is 5.16 Å². The number of rotatable bonds is 4. The molecule has 138 valence electrons. The molecule has 3 aromatic carbocycles. The molecule has 0 saturated carbocycles. The molecule has 1 amide bonds. The standard InChI is InChI=1S/C21H13BrN2O4/c22-15-6-1-12(2-7-15)19-17-11-14(5-10-18(17)24-28-19)20(25)23-16-8-3-13(4-9-16)21(26)27/h1-11H,(H,23,25)(H,26,27). The van der Waals surface area contributed by atoms with Gasteiger partial charge in [-0.1, -0.05) is 21.1 Å². The molecule has 1 aromatic heterocycles. The summed E-state index contributed by atoms with van der Waals surface area (Å²) in [5, 5.41) is 16.5. The van der Waals surface area contributed by atoms with Crippen LogP contribution in [-0.2, 0) is 0 Å². The number of aromatic carboxylic acids is 1. The van der Waals surface area contributed by atoms with E-state index in [0.29, 0.717) is 22.5 Å². The molecule has 0 unspecified atom stereocenters. The molecular formula is C21H13BrN2O4. The van der Waals surface area contributed by atoms with E-state index >= 15 is 0 Å². The minimum Gasteiger partial charge on any atom is -0.478 e. The number of fused-ring (bicyclic) bond motifs is 1. The van der Waals surface area contributed by atoms with Crippen molar-refractivity contribution in [3.05, 3.63) is 82.3 Å². The van der Waals surface area contributed by atoms with E-state index in [0.717, 1.165) is 15.4 Å². The highest BCUT2D eigenvalue weighted by Gasteiger charge is 2.14. The van der Waals surface area contributed by atoms with Crippen LogP contribution in [-0.4, -0.2) is 22.1 Å². The monoisotopic (exact) mass is 436 g/mol. The summed E-state index contributed by atoms with van der Waals surface area (Å²) >= 11 is 3.40. The Morgan fingerprint density at radius 2 is 1.61 bits per heavy atom. The minimum absolute atomic E-state index is 0.156. The fraction of sp³-hybridized carbons (Fsp3) is 0. The van der Waals surface area contributed by atoms with Crippen molar-refractivity contribution in [3.63, 3.8) is 0 Å². The van der Waals surface area contributed by atoms with Crippen LogP contribution in [0.2, 0.25) is 0 Å². The van der Waals surface area contributed by atoms with E-state index in [4.69, 9.17) is 9.63 Å². The van der Waals surface area contributed by atoms with Crippen molar-refractivity contribution in [3.8, 4) is 11.3 Å². The summed E-state index contributed by atoms with van der Waals surface area (Å²) < 4.78 is 6.43. The quantitative estimate of drug-likeness (QED) is 0.458. The smallest absolute Gasteiger partial charge is 0.335 e. The van der Waals surface area contributed by atoms with Crippen LogP contribution in [0.1, 0.15) is 20.7 Å². The van der Waals surface area contributed by atoms with Gasteiger partial charge in [0.2, 0.25) is 0 Å². The molecule has 0 radical (unpaired) electrons. The first-order chi connectivity index (χ1) is 13.5. The van der Waals surface area contributed by atoms with Gasteiger partial charge in [-0.15, -0.1) is 0 Å². The summed E-state index contributed by atoms with van der Waals surface area (Å²) in [5.74, 6) is -0.743.